The molecule has 146 valence electrons. The van der Waals surface area contributed by atoms with Crippen LogP contribution in [-0.4, -0.2) is 11.6 Å². The second kappa shape index (κ2) is 11.4. The smallest absolute Gasteiger partial charge is 0.141 e. The third kappa shape index (κ3) is 8.35. The molecule has 1 rings (SSSR count). The van der Waals surface area contributed by atoms with E-state index in [9.17, 15) is 9.59 Å². The molecule has 0 saturated carbocycles. The van der Waals surface area contributed by atoms with Crippen LogP contribution in [0.15, 0.2) is 11.6 Å². The Morgan fingerprint density at radius 1 is 1.19 bits per heavy atom. The molecule has 26 heavy (non-hydrogen) atoms. The number of allylic oxidation sites excluding steroid dienone is 2. The Balaban J connectivity index is 2.89. The van der Waals surface area contributed by atoms with Gasteiger partial charge in [0.1, 0.15) is 11.6 Å². The lowest BCUT2D eigenvalue weighted by atomic mass is 9.73. The fourth-order valence-corrected chi connectivity index (χ4v) is 3.95. The van der Waals surface area contributed by atoms with Gasteiger partial charge in [-0.25, -0.2) is 0 Å². The third-order valence-corrected chi connectivity index (χ3v) is 5.81. The fraction of sp³-hybridized carbons (Fsp3) is 0.750. The highest BCUT2D eigenvalue weighted by Crippen LogP contribution is 2.33. The van der Waals surface area contributed by atoms with Crippen LogP contribution in [0.25, 0.3) is 0 Å². The number of carbonyl (C=O) groups is 2. The highest BCUT2D eigenvalue weighted by atomic mass is 16.1. The SMILES string of the molecule is C#CCCC1CC(C)CCCC(C)=CCCCC(=O)CCC(C)(C)C1=O. The summed E-state index contributed by atoms with van der Waals surface area (Å²) in [5.41, 5.74) is 0.986. The van der Waals surface area contributed by atoms with Gasteiger partial charge < -0.3 is 0 Å². The molecule has 1 aliphatic carbocycles. The zero-order chi connectivity index (χ0) is 19.6. The molecule has 0 N–H and O–H groups in total. The van der Waals surface area contributed by atoms with Crippen molar-refractivity contribution in [3.63, 3.8) is 0 Å². The summed E-state index contributed by atoms with van der Waals surface area (Å²) < 4.78 is 0. The Hall–Kier alpha value is -1.36. The molecule has 0 aromatic carbocycles. The predicted octanol–water partition coefficient (Wildman–Crippen LogP) is 6.29. The van der Waals surface area contributed by atoms with Crippen LogP contribution in [0.4, 0.5) is 0 Å². The van der Waals surface area contributed by atoms with Gasteiger partial charge in [-0.3, -0.25) is 9.59 Å². The molecule has 0 aromatic rings. The van der Waals surface area contributed by atoms with E-state index < -0.39 is 5.41 Å². The number of terminal acetylenes is 1. The van der Waals surface area contributed by atoms with E-state index >= 15 is 0 Å². The van der Waals surface area contributed by atoms with E-state index in [0.29, 0.717) is 37.4 Å². The van der Waals surface area contributed by atoms with Gasteiger partial charge in [-0.05, 0) is 57.8 Å². The molecule has 0 amide bonds. The summed E-state index contributed by atoms with van der Waals surface area (Å²) in [4.78, 5) is 25.4. The van der Waals surface area contributed by atoms with Crippen molar-refractivity contribution >= 4 is 11.6 Å². The van der Waals surface area contributed by atoms with E-state index in [0.717, 1.165) is 38.5 Å². The maximum absolute atomic E-state index is 13.2. The van der Waals surface area contributed by atoms with Crippen molar-refractivity contribution in [2.45, 2.75) is 98.3 Å². The first kappa shape index (κ1) is 22.7. The molecule has 2 nitrogen and oxygen atoms in total. The number of hydrogen-bond acceptors (Lipinski definition) is 2. The summed E-state index contributed by atoms with van der Waals surface area (Å²) in [5, 5.41) is 0. The Kier molecular flexibility index (Phi) is 9.92. The number of carbonyl (C=O) groups excluding carboxylic acids is 2. The fourth-order valence-electron chi connectivity index (χ4n) is 3.95. The minimum absolute atomic E-state index is 0.0238. The second-order valence-corrected chi connectivity index (χ2v) is 8.90. The normalized spacial score (nSPS) is 26.8. The molecule has 0 spiro atoms. The minimum atomic E-state index is -0.442. The maximum atomic E-state index is 13.2. The van der Waals surface area contributed by atoms with Gasteiger partial charge in [0.25, 0.3) is 0 Å². The molecule has 0 aliphatic heterocycles. The van der Waals surface area contributed by atoms with Crippen LogP contribution in [0.3, 0.4) is 0 Å². The van der Waals surface area contributed by atoms with Gasteiger partial charge in [0.05, 0.1) is 0 Å². The topological polar surface area (TPSA) is 34.1 Å². The first-order valence-corrected chi connectivity index (χ1v) is 10.4. The van der Waals surface area contributed by atoms with Gasteiger partial charge in [0.2, 0.25) is 0 Å². The van der Waals surface area contributed by atoms with E-state index in [1.54, 1.807) is 0 Å². The lowest BCUT2D eigenvalue weighted by Gasteiger charge is -2.29. The standard InChI is InChI=1S/C24H38O2/c1-6-7-14-21-18-20(3)13-10-12-19(2)11-8-9-15-22(25)16-17-24(4,5)23(21)26/h1,11,20-21H,7-10,12-18H2,2-5H3. The molecule has 0 saturated heterocycles. The van der Waals surface area contributed by atoms with Crippen molar-refractivity contribution in [1.82, 2.24) is 0 Å². The van der Waals surface area contributed by atoms with Crippen molar-refractivity contribution in [2.24, 2.45) is 17.3 Å². The zero-order valence-corrected chi connectivity index (χ0v) is 17.4. The Bertz CT molecular complexity index is 533. The van der Waals surface area contributed by atoms with E-state index in [4.69, 9.17) is 6.42 Å². The average molecular weight is 359 g/mol. The quantitative estimate of drug-likeness (QED) is 0.429. The highest BCUT2D eigenvalue weighted by molar-refractivity contribution is 5.87. The summed E-state index contributed by atoms with van der Waals surface area (Å²) in [5.74, 6) is 3.84. The lowest BCUT2D eigenvalue weighted by Crippen LogP contribution is -2.32. The molecule has 2 heteroatoms. The Morgan fingerprint density at radius 3 is 2.62 bits per heavy atom. The number of ketones is 2. The van der Waals surface area contributed by atoms with Gasteiger partial charge in [0.15, 0.2) is 0 Å². The van der Waals surface area contributed by atoms with Crippen molar-refractivity contribution in [3.8, 4) is 12.3 Å². The van der Waals surface area contributed by atoms with Crippen molar-refractivity contribution in [1.29, 1.82) is 0 Å². The number of hydrogen-bond donors (Lipinski definition) is 0. The highest BCUT2D eigenvalue weighted by Gasteiger charge is 2.34. The number of rotatable bonds is 2. The monoisotopic (exact) mass is 358 g/mol. The maximum Gasteiger partial charge on any atom is 0.141 e. The molecule has 1 aliphatic rings. The van der Waals surface area contributed by atoms with Crippen LogP contribution in [0.5, 0.6) is 0 Å². The van der Waals surface area contributed by atoms with Crippen molar-refractivity contribution in [2.75, 3.05) is 0 Å². The van der Waals surface area contributed by atoms with E-state index in [2.05, 4.69) is 25.8 Å². The summed E-state index contributed by atoms with van der Waals surface area (Å²) in [7, 11) is 0. The molecular weight excluding hydrogens is 320 g/mol. The van der Waals surface area contributed by atoms with Crippen LogP contribution < -0.4 is 0 Å². The third-order valence-electron chi connectivity index (χ3n) is 5.81. The lowest BCUT2D eigenvalue weighted by molar-refractivity contribution is -0.132. The first-order valence-electron chi connectivity index (χ1n) is 10.4. The largest absolute Gasteiger partial charge is 0.300 e. The summed E-state index contributed by atoms with van der Waals surface area (Å²) in [6, 6.07) is 0. The van der Waals surface area contributed by atoms with Gasteiger partial charge in [-0.15, -0.1) is 12.3 Å². The summed E-state index contributed by atoms with van der Waals surface area (Å²) in [6.07, 6.45) is 17.3. The zero-order valence-electron chi connectivity index (χ0n) is 17.4. The van der Waals surface area contributed by atoms with Crippen LogP contribution in [0.1, 0.15) is 98.3 Å². The molecule has 0 aromatic heterocycles. The Morgan fingerprint density at radius 2 is 1.92 bits per heavy atom. The van der Waals surface area contributed by atoms with Gasteiger partial charge in [-0.1, -0.05) is 38.8 Å². The van der Waals surface area contributed by atoms with Crippen LogP contribution in [0.2, 0.25) is 0 Å². The van der Waals surface area contributed by atoms with Gasteiger partial charge in [0, 0.05) is 30.6 Å². The van der Waals surface area contributed by atoms with Gasteiger partial charge >= 0.3 is 0 Å². The molecular formula is C24H38O2. The Labute approximate surface area is 161 Å². The number of Topliss-reactive ketones (excluding diaryl/α,β-unsaturated/α-hetero) is 2. The van der Waals surface area contributed by atoms with E-state index in [1.807, 2.05) is 13.8 Å². The second-order valence-electron chi connectivity index (χ2n) is 8.90. The average Bonchev–Trinajstić information content (AvgIpc) is 2.59. The predicted molar refractivity (Wildman–Crippen MR) is 110 cm³/mol. The molecule has 0 bridgehead atoms. The van der Waals surface area contributed by atoms with Crippen LogP contribution in [0, 0.1) is 29.6 Å². The van der Waals surface area contributed by atoms with E-state index in [1.165, 1.54) is 12.0 Å². The first-order chi connectivity index (χ1) is 12.3. The van der Waals surface area contributed by atoms with Crippen LogP contribution >= 0.6 is 0 Å². The molecule has 2 unspecified atom stereocenters. The van der Waals surface area contributed by atoms with Crippen molar-refractivity contribution < 1.29 is 9.59 Å². The molecule has 0 heterocycles. The molecule has 0 radical (unpaired) electrons. The summed E-state index contributed by atoms with van der Waals surface area (Å²) in [6.45, 7) is 8.46. The summed E-state index contributed by atoms with van der Waals surface area (Å²) >= 11 is 0. The van der Waals surface area contributed by atoms with Crippen molar-refractivity contribution in [3.05, 3.63) is 11.6 Å². The minimum Gasteiger partial charge on any atom is -0.300 e. The molecule has 0 fully saturated rings. The van der Waals surface area contributed by atoms with Gasteiger partial charge in [-0.2, -0.15) is 0 Å². The molecule has 2 atom stereocenters. The van der Waals surface area contributed by atoms with E-state index in [-0.39, 0.29) is 11.7 Å². The van der Waals surface area contributed by atoms with Crippen LogP contribution in [-0.2, 0) is 9.59 Å².